The molecular weight excluding hydrogens is 471 g/mol. The van der Waals surface area contributed by atoms with Crippen LogP contribution in [0.15, 0.2) is 59.5 Å². The van der Waals surface area contributed by atoms with Crippen LogP contribution in [0, 0.1) is 19.7 Å². The summed E-state index contributed by atoms with van der Waals surface area (Å²) in [5, 5.41) is 9.07. The van der Waals surface area contributed by atoms with Gasteiger partial charge in [-0.3, -0.25) is 14.1 Å². The number of hydrogen-bond donors (Lipinski definition) is 1. The first-order chi connectivity index (χ1) is 16.6. The molecule has 3 aromatic rings. The van der Waals surface area contributed by atoms with Crippen LogP contribution in [0.2, 0.25) is 0 Å². The minimum absolute atomic E-state index is 0.0300. The number of fused-ring (bicyclic) bond motifs is 1. The smallest absolute Gasteiger partial charge is 0.303 e. The number of pyridine rings is 1. The molecule has 0 unspecified atom stereocenters. The topological polar surface area (TPSA) is 96.8 Å². The molecule has 1 atom stereocenters. The summed E-state index contributed by atoms with van der Waals surface area (Å²) < 4.78 is 48.6. The van der Waals surface area contributed by atoms with E-state index < -0.39 is 27.9 Å². The van der Waals surface area contributed by atoms with E-state index in [4.69, 9.17) is 9.84 Å². The van der Waals surface area contributed by atoms with Crippen molar-refractivity contribution < 1.29 is 27.4 Å². The lowest BCUT2D eigenvalue weighted by Gasteiger charge is -2.35. The van der Waals surface area contributed by atoms with Gasteiger partial charge in [-0.1, -0.05) is 24.3 Å². The van der Waals surface area contributed by atoms with Crippen molar-refractivity contribution >= 4 is 33.8 Å². The highest BCUT2D eigenvalue weighted by Crippen LogP contribution is 2.39. The van der Waals surface area contributed by atoms with Crippen LogP contribution in [0.1, 0.15) is 35.4 Å². The molecule has 0 spiro atoms. The molecule has 35 heavy (non-hydrogen) atoms. The van der Waals surface area contributed by atoms with Crippen molar-refractivity contribution in [2.75, 3.05) is 10.8 Å². The SMILES string of the molecule is Cc1cccc(S(=O)(=O)N2C[C@H](CCC(=O)O)Oc3ccc(/C=C/c4nc(C)ccc4F)cc32)c1. The van der Waals surface area contributed by atoms with E-state index in [1.54, 1.807) is 49.4 Å². The molecule has 1 aromatic heterocycles. The first kappa shape index (κ1) is 24.4. The molecule has 0 bridgehead atoms. The maximum atomic E-state index is 14.1. The van der Waals surface area contributed by atoms with E-state index in [-0.39, 0.29) is 30.0 Å². The Labute approximate surface area is 203 Å². The van der Waals surface area contributed by atoms with Gasteiger partial charge in [-0.05, 0) is 73.9 Å². The van der Waals surface area contributed by atoms with Crippen molar-refractivity contribution in [1.82, 2.24) is 4.98 Å². The van der Waals surface area contributed by atoms with Gasteiger partial charge in [0.15, 0.2) is 0 Å². The highest BCUT2D eigenvalue weighted by molar-refractivity contribution is 7.92. The quantitative estimate of drug-likeness (QED) is 0.503. The molecule has 0 saturated heterocycles. The molecule has 182 valence electrons. The zero-order chi connectivity index (χ0) is 25.2. The van der Waals surface area contributed by atoms with Crippen molar-refractivity contribution in [3.05, 3.63) is 82.9 Å². The number of rotatable bonds is 7. The number of benzene rings is 2. The Morgan fingerprint density at radius 3 is 2.71 bits per heavy atom. The fourth-order valence-corrected chi connectivity index (χ4v) is 5.45. The summed E-state index contributed by atoms with van der Waals surface area (Å²) in [6, 6.07) is 14.5. The Balaban J connectivity index is 1.74. The number of anilines is 1. The fourth-order valence-electron chi connectivity index (χ4n) is 3.85. The van der Waals surface area contributed by atoms with Crippen LogP contribution in [0.4, 0.5) is 10.1 Å². The van der Waals surface area contributed by atoms with Gasteiger partial charge in [0.05, 0.1) is 22.8 Å². The molecule has 0 amide bonds. The lowest BCUT2D eigenvalue weighted by Crippen LogP contribution is -2.43. The number of carboxylic acid groups (broad SMARTS) is 1. The van der Waals surface area contributed by atoms with E-state index in [0.29, 0.717) is 22.7 Å². The molecule has 1 aliphatic heterocycles. The van der Waals surface area contributed by atoms with Crippen LogP contribution in [-0.4, -0.2) is 37.1 Å². The number of carboxylic acids is 1. The number of carbonyl (C=O) groups is 1. The maximum absolute atomic E-state index is 14.1. The lowest BCUT2D eigenvalue weighted by molar-refractivity contribution is -0.137. The van der Waals surface area contributed by atoms with Crippen LogP contribution >= 0.6 is 0 Å². The van der Waals surface area contributed by atoms with Crippen molar-refractivity contribution in [2.24, 2.45) is 0 Å². The Hall–Kier alpha value is -3.72. The van der Waals surface area contributed by atoms with Crippen molar-refractivity contribution in [3.8, 4) is 5.75 Å². The Morgan fingerprint density at radius 1 is 1.17 bits per heavy atom. The molecule has 7 nitrogen and oxygen atoms in total. The van der Waals surface area contributed by atoms with Gasteiger partial charge in [-0.2, -0.15) is 0 Å². The number of ether oxygens (including phenoxy) is 1. The standard InChI is InChI=1S/C26H25FN2O5S/c1-17-4-3-5-21(14-17)35(32,33)29-16-20(9-13-26(30)31)34-25-12-8-19(15-24(25)29)7-11-23-22(27)10-6-18(2)28-23/h3-8,10-12,14-15,20H,9,13,16H2,1-2H3,(H,30,31)/b11-7+/t20-/m0/s1. The monoisotopic (exact) mass is 496 g/mol. The third kappa shape index (κ3) is 5.51. The van der Waals surface area contributed by atoms with Crippen LogP contribution in [0.5, 0.6) is 5.75 Å². The summed E-state index contributed by atoms with van der Waals surface area (Å²) in [7, 11) is -3.96. The Morgan fingerprint density at radius 2 is 1.97 bits per heavy atom. The van der Waals surface area contributed by atoms with Gasteiger partial charge in [0, 0.05) is 12.1 Å². The molecule has 0 radical (unpaired) electrons. The van der Waals surface area contributed by atoms with E-state index in [2.05, 4.69) is 4.98 Å². The number of aryl methyl sites for hydroxylation is 2. The molecular formula is C26H25FN2O5S. The normalized spacial score (nSPS) is 15.6. The predicted molar refractivity (Wildman–Crippen MR) is 131 cm³/mol. The minimum atomic E-state index is -3.96. The minimum Gasteiger partial charge on any atom is -0.486 e. The van der Waals surface area contributed by atoms with Crippen LogP contribution in [-0.2, 0) is 14.8 Å². The summed E-state index contributed by atoms with van der Waals surface area (Å²) >= 11 is 0. The second-order valence-electron chi connectivity index (χ2n) is 8.41. The molecule has 2 aromatic carbocycles. The van der Waals surface area contributed by atoms with Gasteiger partial charge in [0.2, 0.25) is 0 Å². The number of halogens is 1. The number of aliphatic carboxylic acids is 1. The highest BCUT2D eigenvalue weighted by atomic mass is 32.2. The number of aromatic nitrogens is 1. The molecule has 0 aliphatic carbocycles. The zero-order valence-electron chi connectivity index (χ0n) is 19.3. The van der Waals surface area contributed by atoms with Gasteiger partial charge in [-0.15, -0.1) is 0 Å². The van der Waals surface area contributed by atoms with Gasteiger partial charge < -0.3 is 9.84 Å². The third-order valence-electron chi connectivity index (χ3n) is 5.62. The number of sulfonamides is 1. The lowest BCUT2D eigenvalue weighted by atomic mass is 10.1. The van der Waals surface area contributed by atoms with Gasteiger partial charge in [0.25, 0.3) is 10.0 Å². The van der Waals surface area contributed by atoms with Crippen LogP contribution in [0.25, 0.3) is 12.2 Å². The second kappa shape index (κ2) is 9.87. The van der Waals surface area contributed by atoms with E-state index in [1.165, 1.54) is 22.5 Å². The van der Waals surface area contributed by atoms with Crippen molar-refractivity contribution in [1.29, 1.82) is 0 Å². The largest absolute Gasteiger partial charge is 0.486 e. The van der Waals surface area contributed by atoms with Crippen molar-refractivity contribution in [2.45, 2.75) is 37.7 Å². The summed E-state index contributed by atoms with van der Waals surface area (Å²) in [5.74, 6) is -1.11. The third-order valence-corrected chi connectivity index (χ3v) is 7.39. The summed E-state index contributed by atoms with van der Waals surface area (Å²) in [6.07, 6.45) is 2.58. The summed E-state index contributed by atoms with van der Waals surface area (Å²) in [4.78, 5) is 15.4. The van der Waals surface area contributed by atoms with Crippen LogP contribution in [0.3, 0.4) is 0 Å². The van der Waals surface area contributed by atoms with Crippen molar-refractivity contribution in [3.63, 3.8) is 0 Å². The predicted octanol–water partition coefficient (Wildman–Crippen LogP) is 4.83. The van der Waals surface area contributed by atoms with Crippen LogP contribution < -0.4 is 9.04 Å². The maximum Gasteiger partial charge on any atom is 0.303 e. The first-order valence-electron chi connectivity index (χ1n) is 11.1. The fraction of sp³-hybridized carbons (Fsp3) is 0.231. The van der Waals surface area contributed by atoms with E-state index in [0.717, 1.165) is 5.56 Å². The van der Waals surface area contributed by atoms with Gasteiger partial charge in [-0.25, -0.2) is 12.8 Å². The van der Waals surface area contributed by atoms with E-state index in [1.807, 2.05) is 13.0 Å². The first-order valence-corrected chi connectivity index (χ1v) is 12.5. The summed E-state index contributed by atoms with van der Waals surface area (Å²) in [5.41, 5.74) is 2.61. The average molecular weight is 497 g/mol. The van der Waals surface area contributed by atoms with E-state index in [9.17, 15) is 17.6 Å². The average Bonchev–Trinajstić information content (AvgIpc) is 2.82. The zero-order valence-corrected chi connectivity index (χ0v) is 20.1. The Kier molecular flexibility index (Phi) is 6.88. The second-order valence-corrected chi connectivity index (χ2v) is 10.3. The van der Waals surface area contributed by atoms with Gasteiger partial charge >= 0.3 is 5.97 Å². The molecule has 4 rings (SSSR count). The summed E-state index contributed by atoms with van der Waals surface area (Å²) in [6.45, 7) is 3.54. The highest BCUT2D eigenvalue weighted by Gasteiger charge is 2.34. The molecule has 2 heterocycles. The number of hydrogen-bond acceptors (Lipinski definition) is 5. The molecule has 0 saturated carbocycles. The Bertz CT molecular complexity index is 1400. The van der Waals surface area contributed by atoms with Gasteiger partial charge in [0.1, 0.15) is 17.7 Å². The molecule has 0 fully saturated rings. The number of nitrogens with zero attached hydrogens (tertiary/aromatic N) is 2. The molecule has 1 aliphatic rings. The molecule has 9 heteroatoms. The molecule has 1 N–H and O–H groups in total. The van der Waals surface area contributed by atoms with E-state index >= 15 is 0 Å².